The average Bonchev–Trinajstić information content (AvgIpc) is 3.49. The first kappa shape index (κ1) is 20.3. The molecule has 0 saturated carbocycles. The molecule has 2 aromatic heterocycles. The number of halogens is 1. The number of aromatic nitrogens is 1. The molecular formula is C25H20ClN3O3. The Morgan fingerprint density at radius 3 is 2.69 bits per heavy atom. The van der Waals surface area contributed by atoms with Crippen molar-refractivity contribution in [2.24, 2.45) is 5.10 Å². The van der Waals surface area contributed by atoms with Crippen LogP contribution in [0.5, 0.6) is 5.75 Å². The molecule has 0 radical (unpaired) electrons. The van der Waals surface area contributed by atoms with Crippen LogP contribution in [0.2, 0.25) is 5.15 Å². The molecule has 2 aromatic carbocycles. The molecule has 0 aliphatic carbocycles. The number of fused-ring (bicyclic) bond motifs is 1. The van der Waals surface area contributed by atoms with Gasteiger partial charge in [0, 0.05) is 17.4 Å². The molecule has 0 bridgehead atoms. The van der Waals surface area contributed by atoms with Gasteiger partial charge in [0.2, 0.25) is 0 Å². The standard InChI is InChI=1S/C25H20ClN3O3/c1-15-5-7-16(8-6-15)21-14-22(29(28-21)25(30)23-4-3-11-32-23)19-13-17-12-18(31-2)9-10-20(17)27-24(19)26/h3-13,22H,14H2,1-2H3/t22-/m0/s1. The number of ether oxygens (including phenoxy) is 1. The highest BCUT2D eigenvalue weighted by Crippen LogP contribution is 2.38. The Bertz CT molecular complexity index is 1330. The molecular weight excluding hydrogens is 426 g/mol. The minimum atomic E-state index is -0.417. The third-order valence-corrected chi connectivity index (χ3v) is 5.90. The number of carbonyl (C=O) groups is 1. The fourth-order valence-electron chi connectivity index (χ4n) is 3.88. The number of nitrogens with zero attached hydrogens (tertiary/aromatic N) is 3. The van der Waals surface area contributed by atoms with Gasteiger partial charge in [-0.2, -0.15) is 5.10 Å². The highest BCUT2D eigenvalue weighted by Gasteiger charge is 2.36. The van der Waals surface area contributed by atoms with Crippen molar-refractivity contribution in [3.05, 3.63) is 94.5 Å². The normalized spacial score (nSPS) is 15.8. The molecule has 7 heteroatoms. The van der Waals surface area contributed by atoms with Gasteiger partial charge in [0.05, 0.1) is 30.6 Å². The van der Waals surface area contributed by atoms with Crippen LogP contribution >= 0.6 is 11.6 Å². The van der Waals surface area contributed by atoms with Crippen molar-refractivity contribution in [2.45, 2.75) is 19.4 Å². The maximum absolute atomic E-state index is 13.2. The number of hydrogen-bond donors (Lipinski definition) is 0. The van der Waals surface area contributed by atoms with Gasteiger partial charge in [-0.3, -0.25) is 4.79 Å². The van der Waals surface area contributed by atoms with Crippen LogP contribution in [0.25, 0.3) is 10.9 Å². The van der Waals surface area contributed by atoms with Crippen LogP contribution in [0.15, 0.2) is 76.4 Å². The fourth-order valence-corrected chi connectivity index (χ4v) is 4.15. The van der Waals surface area contributed by atoms with E-state index >= 15 is 0 Å². The summed E-state index contributed by atoms with van der Waals surface area (Å²) in [4.78, 5) is 17.8. The van der Waals surface area contributed by atoms with Crippen LogP contribution in [0.4, 0.5) is 0 Å². The van der Waals surface area contributed by atoms with E-state index in [1.807, 2.05) is 55.5 Å². The van der Waals surface area contributed by atoms with Gasteiger partial charge in [-0.25, -0.2) is 9.99 Å². The predicted molar refractivity (Wildman–Crippen MR) is 123 cm³/mol. The topological polar surface area (TPSA) is 67.9 Å². The molecule has 32 heavy (non-hydrogen) atoms. The second-order valence-electron chi connectivity index (χ2n) is 7.69. The lowest BCUT2D eigenvalue weighted by molar-refractivity contribution is 0.0678. The number of methoxy groups -OCH3 is 1. The molecule has 1 amide bonds. The van der Waals surface area contributed by atoms with Crippen LogP contribution in [-0.4, -0.2) is 28.7 Å². The molecule has 1 aliphatic rings. The zero-order chi connectivity index (χ0) is 22.2. The van der Waals surface area contributed by atoms with Gasteiger partial charge >= 0.3 is 5.91 Å². The first-order valence-electron chi connectivity index (χ1n) is 10.2. The molecule has 160 valence electrons. The van der Waals surface area contributed by atoms with Gasteiger partial charge < -0.3 is 9.15 Å². The lowest BCUT2D eigenvalue weighted by Gasteiger charge is -2.22. The van der Waals surface area contributed by atoms with Gasteiger partial charge in [0.25, 0.3) is 0 Å². The van der Waals surface area contributed by atoms with E-state index in [-0.39, 0.29) is 11.7 Å². The molecule has 1 aliphatic heterocycles. The number of amides is 1. The van der Waals surface area contributed by atoms with Crippen molar-refractivity contribution in [1.82, 2.24) is 9.99 Å². The quantitative estimate of drug-likeness (QED) is 0.373. The molecule has 3 heterocycles. The highest BCUT2D eigenvalue weighted by atomic mass is 35.5. The smallest absolute Gasteiger partial charge is 0.310 e. The molecule has 0 spiro atoms. The summed E-state index contributed by atoms with van der Waals surface area (Å²) in [5.41, 5.74) is 4.39. The van der Waals surface area contributed by atoms with E-state index in [1.165, 1.54) is 11.3 Å². The number of pyridine rings is 1. The summed E-state index contributed by atoms with van der Waals surface area (Å²) >= 11 is 6.61. The van der Waals surface area contributed by atoms with Gasteiger partial charge in [-0.1, -0.05) is 41.4 Å². The third-order valence-electron chi connectivity index (χ3n) is 5.60. The molecule has 0 saturated heterocycles. The number of aryl methyl sites for hydroxylation is 1. The predicted octanol–water partition coefficient (Wildman–Crippen LogP) is 5.79. The van der Waals surface area contributed by atoms with Gasteiger partial charge in [-0.15, -0.1) is 0 Å². The second-order valence-corrected chi connectivity index (χ2v) is 8.04. The summed E-state index contributed by atoms with van der Waals surface area (Å²) in [5.74, 6) is 0.610. The Labute approximate surface area is 190 Å². The summed E-state index contributed by atoms with van der Waals surface area (Å²) in [5, 5.41) is 7.34. The summed E-state index contributed by atoms with van der Waals surface area (Å²) in [6.07, 6.45) is 1.98. The van der Waals surface area contributed by atoms with Gasteiger partial charge in [0.1, 0.15) is 10.9 Å². The Kier molecular flexibility index (Phi) is 5.15. The summed E-state index contributed by atoms with van der Waals surface area (Å²) in [7, 11) is 1.62. The zero-order valence-corrected chi connectivity index (χ0v) is 18.3. The minimum absolute atomic E-state index is 0.218. The minimum Gasteiger partial charge on any atom is -0.497 e. The fraction of sp³-hybridized carbons (Fsp3) is 0.160. The molecule has 4 aromatic rings. The van der Waals surface area contributed by atoms with Crippen LogP contribution < -0.4 is 4.74 Å². The van der Waals surface area contributed by atoms with Crippen molar-refractivity contribution < 1.29 is 13.9 Å². The Balaban J connectivity index is 1.60. The number of carbonyl (C=O) groups excluding carboxylic acids is 1. The molecule has 6 nitrogen and oxygen atoms in total. The van der Waals surface area contributed by atoms with Crippen molar-refractivity contribution >= 4 is 34.1 Å². The third kappa shape index (κ3) is 3.63. The van der Waals surface area contributed by atoms with Crippen molar-refractivity contribution in [3.63, 3.8) is 0 Å². The van der Waals surface area contributed by atoms with E-state index < -0.39 is 6.04 Å². The molecule has 1 atom stereocenters. The van der Waals surface area contributed by atoms with Crippen LogP contribution in [0, 0.1) is 6.92 Å². The Morgan fingerprint density at radius 2 is 1.97 bits per heavy atom. The van der Waals surface area contributed by atoms with Crippen molar-refractivity contribution in [2.75, 3.05) is 7.11 Å². The zero-order valence-electron chi connectivity index (χ0n) is 17.6. The van der Waals surface area contributed by atoms with E-state index in [1.54, 1.807) is 19.2 Å². The summed E-state index contributed by atoms with van der Waals surface area (Å²) in [6, 6.07) is 18.5. The number of benzene rings is 2. The number of hydrazone groups is 1. The van der Waals surface area contributed by atoms with E-state index in [0.29, 0.717) is 11.6 Å². The van der Waals surface area contributed by atoms with Crippen LogP contribution in [0.3, 0.4) is 0 Å². The van der Waals surface area contributed by atoms with E-state index in [2.05, 4.69) is 10.1 Å². The maximum Gasteiger partial charge on any atom is 0.310 e. The van der Waals surface area contributed by atoms with Crippen molar-refractivity contribution in [1.29, 1.82) is 0 Å². The number of rotatable bonds is 4. The Hall–Kier alpha value is -3.64. The maximum atomic E-state index is 13.2. The van der Waals surface area contributed by atoms with E-state index in [0.717, 1.165) is 39.1 Å². The SMILES string of the molecule is COc1ccc2nc(Cl)c([C@@H]3CC(c4ccc(C)cc4)=NN3C(=O)c3ccco3)cc2c1. The number of furan rings is 1. The second kappa shape index (κ2) is 8.13. The number of hydrogen-bond acceptors (Lipinski definition) is 5. The summed E-state index contributed by atoms with van der Waals surface area (Å²) in [6.45, 7) is 2.03. The van der Waals surface area contributed by atoms with Gasteiger partial charge in [-0.05, 0) is 48.9 Å². The van der Waals surface area contributed by atoms with Crippen molar-refractivity contribution in [3.8, 4) is 5.75 Å². The average molecular weight is 446 g/mol. The monoisotopic (exact) mass is 445 g/mol. The van der Waals surface area contributed by atoms with E-state index in [4.69, 9.17) is 20.8 Å². The molecule has 0 unspecified atom stereocenters. The van der Waals surface area contributed by atoms with Gasteiger partial charge in [0.15, 0.2) is 5.76 Å². The molecule has 5 rings (SSSR count). The Morgan fingerprint density at radius 1 is 1.16 bits per heavy atom. The lowest BCUT2D eigenvalue weighted by atomic mass is 9.98. The molecule has 0 fully saturated rings. The summed E-state index contributed by atoms with van der Waals surface area (Å²) < 4.78 is 10.7. The first-order valence-corrected chi connectivity index (χ1v) is 10.6. The highest BCUT2D eigenvalue weighted by molar-refractivity contribution is 6.30. The lowest BCUT2D eigenvalue weighted by Crippen LogP contribution is -2.27. The van der Waals surface area contributed by atoms with E-state index in [9.17, 15) is 4.79 Å². The molecule has 0 N–H and O–H groups in total. The van der Waals surface area contributed by atoms with Crippen LogP contribution in [-0.2, 0) is 0 Å². The first-order chi connectivity index (χ1) is 15.5. The largest absolute Gasteiger partial charge is 0.497 e. The van der Waals surface area contributed by atoms with Crippen LogP contribution in [0.1, 0.15) is 39.7 Å².